The Morgan fingerprint density at radius 2 is 1.38 bits per heavy atom. The van der Waals surface area contributed by atoms with Gasteiger partial charge in [-0.3, -0.25) is 0 Å². The van der Waals surface area contributed by atoms with Gasteiger partial charge in [-0.05, 0) is 23.6 Å². The van der Waals surface area contributed by atoms with Gasteiger partial charge < -0.3 is 29.2 Å². The molecule has 6 heteroatoms. The molecule has 0 aliphatic heterocycles. The predicted octanol–water partition coefficient (Wildman–Crippen LogP) is 3.44. The van der Waals surface area contributed by atoms with Crippen molar-refractivity contribution < 1.29 is 29.2 Å². The van der Waals surface area contributed by atoms with Crippen LogP contribution in [-0.2, 0) is 0 Å². The van der Waals surface area contributed by atoms with E-state index in [-0.39, 0.29) is 23.0 Å². The van der Waals surface area contributed by atoms with Crippen LogP contribution in [0.15, 0.2) is 24.3 Å². The van der Waals surface area contributed by atoms with Gasteiger partial charge in [-0.1, -0.05) is 6.07 Å². The first-order valence-electron chi connectivity index (χ1n) is 7.21. The minimum absolute atomic E-state index is 0.0223. The SMILES string of the molecule is COc1cc2c(ccc3cc(O)c(OC)c(OC)c32)c(O)c1OC. The maximum atomic E-state index is 10.5. The number of phenols is 2. The number of benzene rings is 3. The van der Waals surface area contributed by atoms with Crippen molar-refractivity contribution in [2.45, 2.75) is 0 Å². The third-order valence-electron chi connectivity index (χ3n) is 4.04. The zero-order valence-electron chi connectivity index (χ0n) is 13.8. The lowest BCUT2D eigenvalue weighted by Gasteiger charge is -2.17. The number of methoxy groups -OCH3 is 4. The Labute approximate surface area is 138 Å². The standard InChI is InChI=1S/C18H18O6/c1-21-13-8-11-10(15(20)17(13)23-3)6-5-9-7-12(19)16(22-2)18(24-4)14(9)11/h5-8,19-20H,1-4H3. The predicted molar refractivity (Wildman–Crippen MR) is 91.0 cm³/mol. The average molecular weight is 330 g/mol. The van der Waals surface area contributed by atoms with Crippen molar-refractivity contribution in [3.05, 3.63) is 24.3 Å². The molecule has 0 saturated carbocycles. The molecule has 3 aromatic carbocycles. The largest absolute Gasteiger partial charge is 0.504 e. The quantitative estimate of drug-likeness (QED) is 0.714. The van der Waals surface area contributed by atoms with E-state index in [0.29, 0.717) is 27.7 Å². The first-order valence-corrected chi connectivity index (χ1v) is 7.21. The molecule has 24 heavy (non-hydrogen) atoms. The summed E-state index contributed by atoms with van der Waals surface area (Å²) in [6, 6.07) is 6.88. The molecular formula is C18H18O6. The fraction of sp³-hybridized carbons (Fsp3) is 0.222. The summed E-state index contributed by atoms with van der Waals surface area (Å²) < 4.78 is 21.3. The molecule has 0 radical (unpaired) electrons. The summed E-state index contributed by atoms with van der Waals surface area (Å²) >= 11 is 0. The molecule has 0 saturated heterocycles. The highest BCUT2D eigenvalue weighted by molar-refractivity contribution is 6.14. The summed E-state index contributed by atoms with van der Waals surface area (Å²) in [7, 11) is 5.91. The fourth-order valence-corrected chi connectivity index (χ4v) is 2.99. The van der Waals surface area contributed by atoms with E-state index in [1.54, 1.807) is 24.3 Å². The summed E-state index contributed by atoms with van der Waals surface area (Å²) in [5.41, 5.74) is 0. The molecule has 0 bridgehead atoms. The third kappa shape index (κ3) is 2.11. The molecule has 0 atom stereocenters. The third-order valence-corrected chi connectivity index (χ3v) is 4.04. The maximum Gasteiger partial charge on any atom is 0.203 e. The molecule has 0 aliphatic carbocycles. The van der Waals surface area contributed by atoms with Gasteiger partial charge in [-0.25, -0.2) is 0 Å². The van der Waals surface area contributed by atoms with Crippen molar-refractivity contribution in [3.63, 3.8) is 0 Å². The van der Waals surface area contributed by atoms with Crippen LogP contribution >= 0.6 is 0 Å². The summed E-state index contributed by atoms with van der Waals surface area (Å²) in [6.45, 7) is 0. The number of aromatic hydroxyl groups is 2. The highest BCUT2D eigenvalue weighted by Crippen LogP contribution is 2.50. The van der Waals surface area contributed by atoms with Gasteiger partial charge in [0.05, 0.1) is 28.4 Å². The molecule has 6 nitrogen and oxygen atoms in total. The first kappa shape index (κ1) is 15.9. The lowest BCUT2D eigenvalue weighted by Crippen LogP contribution is -1.95. The van der Waals surface area contributed by atoms with Crippen LogP contribution in [0.1, 0.15) is 0 Å². The Kier molecular flexibility index (Phi) is 3.89. The Balaban J connectivity index is 2.56. The van der Waals surface area contributed by atoms with Crippen LogP contribution in [0.4, 0.5) is 0 Å². The van der Waals surface area contributed by atoms with Gasteiger partial charge in [0.1, 0.15) is 0 Å². The highest BCUT2D eigenvalue weighted by atomic mass is 16.5. The van der Waals surface area contributed by atoms with E-state index >= 15 is 0 Å². The number of phenolic OH excluding ortho intramolecular Hbond substituents is 2. The summed E-state index contributed by atoms with van der Waals surface area (Å²) in [5, 5.41) is 23.4. The van der Waals surface area contributed by atoms with Crippen LogP contribution in [0.3, 0.4) is 0 Å². The van der Waals surface area contributed by atoms with E-state index in [1.165, 1.54) is 28.4 Å². The van der Waals surface area contributed by atoms with Crippen LogP contribution in [-0.4, -0.2) is 38.7 Å². The number of hydrogen-bond donors (Lipinski definition) is 2. The average Bonchev–Trinajstić information content (AvgIpc) is 2.59. The Hall–Kier alpha value is -3.02. The van der Waals surface area contributed by atoms with Gasteiger partial charge in [0.25, 0.3) is 0 Å². The Morgan fingerprint density at radius 1 is 0.708 bits per heavy atom. The van der Waals surface area contributed by atoms with Gasteiger partial charge in [-0.15, -0.1) is 0 Å². The molecule has 0 aliphatic rings. The number of hydrogen-bond acceptors (Lipinski definition) is 6. The fourth-order valence-electron chi connectivity index (χ4n) is 2.99. The molecule has 3 aromatic rings. The molecule has 0 spiro atoms. The Morgan fingerprint density at radius 3 is 1.96 bits per heavy atom. The molecule has 3 rings (SSSR count). The molecule has 0 fully saturated rings. The molecule has 0 unspecified atom stereocenters. The molecule has 0 aromatic heterocycles. The van der Waals surface area contributed by atoms with E-state index in [4.69, 9.17) is 18.9 Å². The minimum atomic E-state index is -0.0251. The monoisotopic (exact) mass is 330 g/mol. The summed E-state index contributed by atoms with van der Waals surface area (Å²) in [4.78, 5) is 0. The molecule has 0 heterocycles. The van der Waals surface area contributed by atoms with E-state index in [1.807, 2.05) is 0 Å². The number of ether oxygens (including phenoxy) is 4. The van der Waals surface area contributed by atoms with Crippen LogP contribution in [0, 0.1) is 0 Å². The van der Waals surface area contributed by atoms with Gasteiger partial charge in [0, 0.05) is 16.2 Å². The van der Waals surface area contributed by atoms with Crippen LogP contribution in [0.5, 0.6) is 34.5 Å². The second-order valence-corrected chi connectivity index (χ2v) is 5.18. The molecule has 2 N–H and O–H groups in total. The van der Waals surface area contributed by atoms with Gasteiger partial charge in [-0.2, -0.15) is 0 Å². The smallest absolute Gasteiger partial charge is 0.203 e. The van der Waals surface area contributed by atoms with Crippen LogP contribution < -0.4 is 18.9 Å². The van der Waals surface area contributed by atoms with E-state index < -0.39 is 0 Å². The lowest BCUT2D eigenvalue weighted by atomic mass is 9.99. The number of fused-ring (bicyclic) bond motifs is 3. The van der Waals surface area contributed by atoms with Crippen molar-refractivity contribution in [3.8, 4) is 34.5 Å². The summed E-state index contributed by atoms with van der Waals surface area (Å²) in [6.07, 6.45) is 0. The normalized spacial score (nSPS) is 10.8. The lowest BCUT2D eigenvalue weighted by molar-refractivity contribution is 0.335. The van der Waals surface area contributed by atoms with Crippen LogP contribution in [0.2, 0.25) is 0 Å². The van der Waals surface area contributed by atoms with E-state index in [0.717, 1.165) is 5.39 Å². The van der Waals surface area contributed by atoms with Crippen molar-refractivity contribution in [2.75, 3.05) is 28.4 Å². The second kappa shape index (κ2) is 5.88. The van der Waals surface area contributed by atoms with Crippen molar-refractivity contribution in [1.82, 2.24) is 0 Å². The highest BCUT2D eigenvalue weighted by Gasteiger charge is 2.21. The Bertz CT molecular complexity index is 932. The topological polar surface area (TPSA) is 77.4 Å². The molecular weight excluding hydrogens is 312 g/mol. The zero-order chi connectivity index (χ0) is 17.4. The van der Waals surface area contributed by atoms with E-state index in [2.05, 4.69) is 0 Å². The second-order valence-electron chi connectivity index (χ2n) is 5.18. The zero-order valence-corrected chi connectivity index (χ0v) is 13.8. The number of rotatable bonds is 4. The van der Waals surface area contributed by atoms with E-state index in [9.17, 15) is 10.2 Å². The van der Waals surface area contributed by atoms with Crippen molar-refractivity contribution in [2.24, 2.45) is 0 Å². The minimum Gasteiger partial charge on any atom is -0.504 e. The van der Waals surface area contributed by atoms with Crippen molar-refractivity contribution >= 4 is 21.5 Å². The van der Waals surface area contributed by atoms with Crippen LogP contribution in [0.25, 0.3) is 21.5 Å². The van der Waals surface area contributed by atoms with Gasteiger partial charge in [0.2, 0.25) is 11.5 Å². The van der Waals surface area contributed by atoms with Crippen molar-refractivity contribution in [1.29, 1.82) is 0 Å². The van der Waals surface area contributed by atoms with Gasteiger partial charge >= 0.3 is 0 Å². The first-order chi connectivity index (χ1) is 11.6. The van der Waals surface area contributed by atoms with Gasteiger partial charge in [0.15, 0.2) is 23.0 Å². The maximum absolute atomic E-state index is 10.5. The summed E-state index contributed by atoms with van der Waals surface area (Å²) in [5.74, 6) is 1.21. The molecule has 126 valence electrons. The molecule has 0 amide bonds.